The highest BCUT2D eigenvalue weighted by Crippen LogP contribution is 2.13. The predicted molar refractivity (Wildman–Crippen MR) is 88.4 cm³/mol. The highest BCUT2D eigenvalue weighted by Gasteiger charge is 2.16. The van der Waals surface area contributed by atoms with Crippen molar-refractivity contribution in [3.8, 4) is 0 Å². The lowest BCUT2D eigenvalue weighted by Gasteiger charge is -2.20. The van der Waals surface area contributed by atoms with Crippen LogP contribution in [0, 0.1) is 0 Å². The van der Waals surface area contributed by atoms with Crippen molar-refractivity contribution in [2.45, 2.75) is 39.3 Å². The number of amides is 2. The van der Waals surface area contributed by atoms with Crippen LogP contribution in [0.3, 0.4) is 0 Å². The zero-order chi connectivity index (χ0) is 17.6. The molecule has 128 valence electrons. The predicted octanol–water partition coefficient (Wildman–Crippen LogP) is 2.88. The first-order valence-corrected chi connectivity index (χ1v) is 7.55. The molecule has 0 aliphatic carbocycles. The Balaban J connectivity index is 1.94. The van der Waals surface area contributed by atoms with Gasteiger partial charge in [-0.3, -0.25) is 4.79 Å². The van der Waals surface area contributed by atoms with Crippen LogP contribution in [-0.2, 0) is 22.5 Å². The van der Waals surface area contributed by atoms with Crippen LogP contribution in [0.5, 0.6) is 0 Å². The lowest BCUT2D eigenvalue weighted by atomic mass is 10.2. The van der Waals surface area contributed by atoms with E-state index < -0.39 is 11.7 Å². The molecule has 24 heavy (non-hydrogen) atoms. The fraction of sp³-hybridized carbons (Fsp3) is 0.353. The number of carbonyl (C=O) groups excluding carboxylic acids is 2. The molecule has 0 aromatic carbocycles. The molecule has 0 saturated heterocycles. The maximum Gasteiger partial charge on any atom is 0.407 e. The largest absolute Gasteiger partial charge is 0.472 e. The molecule has 0 saturated carbocycles. The molecule has 2 amide bonds. The van der Waals surface area contributed by atoms with Crippen molar-refractivity contribution in [2.75, 3.05) is 5.32 Å². The third kappa shape index (κ3) is 5.75. The number of ether oxygens (including phenoxy) is 1. The maximum absolute atomic E-state index is 12.1. The van der Waals surface area contributed by atoms with Gasteiger partial charge in [-0.15, -0.1) is 0 Å². The first kappa shape index (κ1) is 17.5. The van der Waals surface area contributed by atoms with Gasteiger partial charge in [-0.25, -0.2) is 9.78 Å². The quantitative estimate of drug-likeness (QED) is 0.878. The Morgan fingerprint density at radius 2 is 2.08 bits per heavy atom. The Morgan fingerprint density at radius 1 is 1.29 bits per heavy atom. The third-order valence-electron chi connectivity index (χ3n) is 2.92. The van der Waals surface area contributed by atoms with E-state index in [1.165, 1.54) is 12.5 Å². The molecule has 2 aromatic rings. The van der Waals surface area contributed by atoms with Gasteiger partial charge in [-0.2, -0.15) is 0 Å². The average molecular weight is 331 g/mol. The van der Waals surface area contributed by atoms with Crippen molar-refractivity contribution in [3.05, 3.63) is 48.0 Å². The first-order chi connectivity index (χ1) is 11.3. The number of carbonyl (C=O) groups is 2. The van der Waals surface area contributed by atoms with Crippen LogP contribution >= 0.6 is 0 Å². The summed E-state index contributed by atoms with van der Waals surface area (Å²) in [7, 11) is 0. The van der Waals surface area contributed by atoms with Crippen LogP contribution in [0.25, 0.3) is 0 Å². The molecule has 7 heteroatoms. The van der Waals surface area contributed by atoms with E-state index in [4.69, 9.17) is 9.15 Å². The molecular formula is C17H21N3O4. The van der Waals surface area contributed by atoms with Crippen molar-refractivity contribution in [2.24, 2.45) is 0 Å². The minimum Gasteiger partial charge on any atom is -0.472 e. The number of pyridine rings is 1. The summed E-state index contributed by atoms with van der Waals surface area (Å²) < 4.78 is 10.1. The Labute approximate surface area is 140 Å². The van der Waals surface area contributed by atoms with Gasteiger partial charge in [0.1, 0.15) is 11.4 Å². The molecular weight excluding hydrogens is 310 g/mol. The molecule has 2 rings (SSSR count). The van der Waals surface area contributed by atoms with Crippen molar-refractivity contribution in [3.63, 3.8) is 0 Å². The number of aromatic nitrogens is 1. The van der Waals surface area contributed by atoms with E-state index in [0.29, 0.717) is 11.4 Å². The summed E-state index contributed by atoms with van der Waals surface area (Å²) >= 11 is 0. The molecule has 0 bridgehead atoms. The topological polar surface area (TPSA) is 93.5 Å². The first-order valence-electron chi connectivity index (χ1n) is 7.55. The lowest BCUT2D eigenvalue weighted by molar-refractivity contribution is -0.115. The zero-order valence-corrected chi connectivity index (χ0v) is 14.0. The normalized spacial score (nSPS) is 11.0. The molecule has 7 nitrogen and oxygen atoms in total. The molecule has 0 aliphatic rings. The summed E-state index contributed by atoms with van der Waals surface area (Å²) in [5.41, 5.74) is 0.890. The van der Waals surface area contributed by atoms with Crippen LogP contribution in [0.15, 0.2) is 41.3 Å². The van der Waals surface area contributed by atoms with Crippen LogP contribution in [-0.4, -0.2) is 22.6 Å². The van der Waals surface area contributed by atoms with Gasteiger partial charge in [0, 0.05) is 18.3 Å². The fourth-order valence-electron chi connectivity index (χ4n) is 1.93. The lowest BCUT2D eigenvalue weighted by Crippen LogP contribution is -2.32. The minimum absolute atomic E-state index is 0.187. The van der Waals surface area contributed by atoms with Gasteiger partial charge in [-0.1, -0.05) is 6.07 Å². The number of hydrogen-bond acceptors (Lipinski definition) is 5. The summed E-state index contributed by atoms with van der Waals surface area (Å²) in [5.74, 6) is 0.190. The third-order valence-corrected chi connectivity index (χ3v) is 2.92. The molecule has 2 N–H and O–H groups in total. The molecule has 0 fully saturated rings. The van der Waals surface area contributed by atoms with E-state index in [2.05, 4.69) is 15.6 Å². The second-order valence-electron chi connectivity index (χ2n) is 6.22. The number of nitrogens with zero attached hydrogens (tertiary/aromatic N) is 1. The number of rotatable bonds is 5. The molecule has 0 spiro atoms. The number of furan rings is 1. The summed E-state index contributed by atoms with van der Waals surface area (Å²) in [4.78, 5) is 27.9. The Hall–Kier alpha value is -2.83. The minimum atomic E-state index is -0.569. The summed E-state index contributed by atoms with van der Waals surface area (Å²) in [6.07, 6.45) is 4.26. The molecule has 0 unspecified atom stereocenters. The van der Waals surface area contributed by atoms with Crippen molar-refractivity contribution < 1.29 is 18.7 Å². The van der Waals surface area contributed by atoms with E-state index in [0.717, 1.165) is 5.56 Å². The molecule has 2 heterocycles. The molecule has 0 aliphatic heterocycles. The van der Waals surface area contributed by atoms with Crippen molar-refractivity contribution in [1.29, 1.82) is 0 Å². The van der Waals surface area contributed by atoms with Gasteiger partial charge >= 0.3 is 6.09 Å². The molecule has 0 radical (unpaired) electrons. The number of hydrogen-bond donors (Lipinski definition) is 2. The van der Waals surface area contributed by atoms with Crippen LogP contribution < -0.4 is 10.6 Å². The van der Waals surface area contributed by atoms with E-state index >= 15 is 0 Å². The fourth-order valence-corrected chi connectivity index (χ4v) is 1.93. The van der Waals surface area contributed by atoms with E-state index in [-0.39, 0.29) is 18.9 Å². The molecule has 2 aromatic heterocycles. The van der Waals surface area contributed by atoms with Gasteiger partial charge in [0.05, 0.1) is 18.9 Å². The van der Waals surface area contributed by atoms with Gasteiger partial charge in [0.25, 0.3) is 0 Å². The van der Waals surface area contributed by atoms with E-state index in [1.54, 1.807) is 45.2 Å². The summed E-state index contributed by atoms with van der Waals surface area (Å²) in [6.45, 7) is 5.57. The number of nitrogens with one attached hydrogen (secondary N) is 2. The second-order valence-corrected chi connectivity index (χ2v) is 6.22. The maximum atomic E-state index is 12.1. The Kier molecular flexibility index (Phi) is 5.57. The number of alkyl carbamates (subject to hydrolysis) is 1. The highest BCUT2D eigenvalue weighted by atomic mass is 16.6. The Bertz CT molecular complexity index is 690. The SMILES string of the molecule is CC(C)(C)OC(=O)NCc1cccnc1NC(=O)Cc1ccoc1. The molecule has 0 atom stereocenters. The zero-order valence-electron chi connectivity index (χ0n) is 14.0. The van der Waals surface area contributed by atoms with Gasteiger partial charge < -0.3 is 19.8 Å². The van der Waals surface area contributed by atoms with Crippen LogP contribution in [0.1, 0.15) is 31.9 Å². The van der Waals surface area contributed by atoms with E-state index in [9.17, 15) is 9.59 Å². The standard InChI is InChI=1S/C17H21N3O4/c1-17(2,3)24-16(22)19-10-13-5-4-7-18-15(13)20-14(21)9-12-6-8-23-11-12/h4-8,11H,9-10H2,1-3H3,(H,19,22)(H,18,20,21). The van der Waals surface area contributed by atoms with Crippen molar-refractivity contribution >= 4 is 17.8 Å². The van der Waals surface area contributed by atoms with E-state index in [1.807, 2.05) is 0 Å². The second kappa shape index (κ2) is 7.63. The monoisotopic (exact) mass is 331 g/mol. The highest BCUT2D eigenvalue weighted by molar-refractivity contribution is 5.92. The van der Waals surface area contributed by atoms with Crippen molar-refractivity contribution in [1.82, 2.24) is 10.3 Å². The summed E-state index contributed by atoms with van der Waals surface area (Å²) in [5, 5.41) is 5.38. The summed E-state index contributed by atoms with van der Waals surface area (Å²) in [6, 6.07) is 5.23. The van der Waals surface area contributed by atoms with Gasteiger partial charge in [0.2, 0.25) is 5.91 Å². The van der Waals surface area contributed by atoms with Gasteiger partial charge in [-0.05, 0) is 38.5 Å². The Morgan fingerprint density at radius 3 is 2.75 bits per heavy atom. The van der Waals surface area contributed by atoms with Gasteiger partial charge in [0.15, 0.2) is 0 Å². The number of anilines is 1. The average Bonchev–Trinajstić information content (AvgIpc) is 2.97. The smallest absolute Gasteiger partial charge is 0.407 e. The van der Waals surface area contributed by atoms with Crippen LogP contribution in [0.4, 0.5) is 10.6 Å². The van der Waals surface area contributed by atoms with Crippen LogP contribution in [0.2, 0.25) is 0 Å².